The van der Waals surface area contributed by atoms with Crippen LogP contribution < -0.4 is 10.6 Å². The Morgan fingerprint density at radius 1 is 1.21 bits per heavy atom. The Kier molecular flexibility index (Phi) is 6.12. The van der Waals surface area contributed by atoms with Gasteiger partial charge in [-0.05, 0) is 31.9 Å². The van der Waals surface area contributed by atoms with Crippen molar-refractivity contribution >= 4 is 28.3 Å². The third kappa shape index (κ3) is 4.71. The summed E-state index contributed by atoms with van der Waals surface area (Å²) >= 11 is 1.37. The number of aryl methyl sites for hydroxylation is 3. The Morgan fingerprint density at radius 2 is 1.97 bits per heavy atom. The van der Waals surface area contributed by atoms with Gasteiger partial charge in [0.15, 0.2) is 11.0 Å². The SMILES string of the molecule is Cc1cccc(C(=O)N[C@H](C(=O)Nc2nc(C)c(-c3nccn3C)s2)C(C)C)c1. The number of anilines is 1. The Morgan fingerprint density at radius 3 is 2.59 bits per heavy atom. The minimum absolute atomic E-state index is 0.0844. The number of hydrogen-bond donors (Lipinski definition) is 2. The molecular weight excluding hydrogens is 386 g/mol. The van der Waals surface area contributed by atoms with E-state index < -0.39 is 6.04 Å². The van der Waals surface area contributed by atoms with Crippen LogP contribution in [0.3, 0.4) is 0 Å². The second-order valence-corrected chi connectivity index (χ2v) is 8.35. The fourth-order valence-electron chi connectivity index (χ4n) is 2.97. The number of benzene rings is 1. The highest BCUT2D eigenvalue weighted by molar-refractivity contribution is 7.19. The molecule has 0 spiro atoms. The van der Waals surface area contributed by atoms with Gasteiger partial charge in [0.1, 0.15) is 6.04 Å². The van der Waals surface area contributed by atoms with Gasteiger partial charge in [0.05, 0.1) is 10.6 Å². The van der Waals surface area contributed by atoms with Crippen molar-refractivity contribution in [1.82, 2.24) is 19.9 Å². The quantitative estimate of drug-likeness (QED) is 0.649. The molecule has 1 aromatic carbocycles. The maximum absolute atomic E-state index is 12.9. The largest absolute Gasteiger partial charge is 0.340 e. The molecule has 0 fully saturated rings. The molecule has 3 rings (SSSR count). The molecule has 1 atom stereocenters. The first-order chi connectivity index (χ1) is 13.8. The predicted molar refractivity (Wildman–Crippen MR) is 115 cm³/mol. The summed E-state index contributed by atoms with van der Waals surface area (Å²) in [6.07, 6.45) is 3.59. The normalized spacial score (nSPS) is 12.1. The highest BCUT2D eigenvalue weighted by Gasteiger charge is 2.26. The summed E-state index contributed by atoms with van der Waals surface area (Å²) in [7, 11) is 1.91. The molecule has 2 aromatic heterocycles. The second kappa shape index (κ2) is 8.57. The fraction of sp³-hybridized carbons (Fsp3) is 0.333. The molecule has 0 unspecified atom stereocenters. The van der Waals surface area contributed by atoms with Crippen LogP contribution >= 0.6 is 11.3 Å². The highest BCUT2D eigenvalue weighted by Crippen LogP contribution is 2.31. The lowest BCUT2D eigenvalue weighted by Crippen LogP contribution is -2.47. The van der Waals surface area contributed by atoms with Crippen molar-refractivity contribution in [2.24, 2.45) is 13.0 Å². The molecule has 0 bridgehead atoms. The van der Waals surface area contributed by atoms with Gasteiger partial charge in [0.2, 0.25) is 5.91 Å². The van der Waals surface area contributed by atoms with Crippen LogP contribution in [0.1, 0.15) is 35.5 Å². The molecule has 0 aliphatic carbocycles. The van der Waals surface area contributed by atoms with Crippen LogP contribution in [0.15, 0.2) is 36.7 Å². The van der Waals surface area contributed by atoms with Gasteiger partial charge in [-0.15, -0.1) is 0 Å². The van der Waals surface area contributed by atoms with Crippen LogP contribution in [0.5, 0.6) is 0 Å². The van der Waals surface area contributed by atoms with E-state index in [9.17, 15) is 9.59 Å². The monoisotopic (exact) mass is 411 g/mol. The minimum atomic E-state index is -0.677. The Balaban J connectivity index is 1.75. The summed E-state index contributed by atoms with van der Waals surface area (Å²) in [5.74, 6) is 0.153. The average Bonchev–Trinajstić information content (AvgIpc) is 3.23. The zero-order valence-electron chi connectivity index (χ0n) is 17.2. The van der Waals surface area contributed by atoms with Crippen LogP contribution in [-0.2, 0) is 11.8 Å². The van der Waals surface area contributed by atoms with Crippen molar-refractivity contribution in [3.8, 4) is 10.7 Å². The number of imidazole rings is 1. The lowest BCUT2D eigenvalue weighted by atomic mass is 10.0. The molecule has 0 saturated heterocycles. The van der Waals surface area contributed by atoms with Gasteiger partial charge in [-0.25, -0.2) is 9.97 Å². The molecule has 7 nitrogen and oxygen atoms in total. The lowest BCUT2D eigenvalue weighted by Gasteiger charge is -2.21. The first-order valence-electron chi connectivity index (χ1n) is 9.39. The van der Waals surface area contributed by atoms with Gasteiger partial charge in [0, 0.05) is 25.0 Å². The van der Waals surface area contributed by atoms with E-state index in [1.165, 1.54) is 11.3 Å². The van der Waals surface area contributed by atoms with Gasteiger partial charge >= 0.3 is 0 Å². The van der Waals surface area contributed by atoms with E-state index >= 15 is 0 Å². The predicted octanol–water partition coefficient (Wildman–Crippen LogP) is 3.55. The number of aromatic nitrogens is 3. The molecule has 2 amide bonds. The van der Waals surface area contributed by atoms with Gasteiger partial charge in [-0.2, -0.15) is 0 Å². The van der Waals surface area contributed by atoms with E-state index in [4.69, 9.17) is 0 Å². The van der Waals surface area contributed by atoms with Gasteiger partial charge in [0.25, 0.3) is 5.91 Å². The number of thiazole rings is 1. The van der Waals surface area contributed by atoms with Gasteiger partial charge < -0.3 is 15.2 Å². The van der Waals surface area contributed by atoms with Crippen LogP contribution in [0.2, 0.25) is 0 Å². The first kappa shape index (κ1) is 20.7. The van der Waals surface area contributed by atoms with E-state index in [1.54, 1.807) is 18.3 Å². The maximum atomic E-state index is 12.9. The zero-order valence-corrected chi connectivity index (χ0v) is 18.0. The minimum Gasteiger partial charge on any atom is -0.340 e. The van der Waals surface area contributed by atoms with Crippen LogP contribution in [0, 0.1) is 19.8 Å². The lowest BCUT2D eigenvalue weighted by molar-refractivity contribution is -0.118. The number of carbonyl (C=O) groups is 2. The molecule has 8 heteroatoms. The fourth-order valence-corrected chi connectivity index (χ4v) is 3.98. The van der Waals surface area contributed by atoms with Crippen LogP contribution in [0.25, 0.3) is 10.7 Å². The van der Waals surface area contributed by atoms with Crippen LogP contribution in [0.4, 0.5) is 5.13 Å². The van der Waals surface area contributed by atoms with Crippen LogP contribution in [-0.4, -0.2) is 32.4 Å². The number of nitrogens with zero attached hydrogens (tertiary/aromatic N) is 3. The molecule has 2 N–H and O–H groups in total. The summed E-state index contributed by atoms with van der Waals surface area (Å²) in [5.41, 5.74) is 2.32. The zero-order chi connectivity index (χ0) is 21.1. The molecule has 2 heterocycles. The molecule has 0 aliphatic heterocycles. The van der Waals surface area contributed by atoms with E-state index in [1.807, 2.05) is 57.6 Å². The van der Waals surface area contributed by atoms with Crippen molar-refractivity contribution in [2.45, 2.75) is 33.7 Å². The standard InChI is InChI=1S/C21H25N5O2S/c1-12(2)16(24-19(27)15-8-6-7-13(3)11-15)20(28)25-21-23-14(4)17(29-21)18-22-9-10-26(18)5/h6-12,16H,1-5H3,(H,24,27)(H,23,25,28)/t16-/m0/s1. The van der Waals surface area contributed by atoms with Crippen molar-refractivity contribution in [3.05, 3.63) is 53.5 Å². The van der Waals surface area contributed by atoms with E-state index in [0.29, 0.717) is 10.7 Å². The topological polar surface area (TPSA) is 88.9 Å². The molecule has 0 radical (unpaired) electrons. The number of hydrogen-bond acceptors (Lipinski definition) is 5. The number of nitrogens with one attached hydrogen (secondary N) is 2. The number of rotatable bonds is 6. The van der Waals surface area contributed by atoms with Crippen molar-refractivity contribution in [1.29, 1.82) is 0 Å². The molecule has 152 valence electrons. The second-order valence-electron chi connectivity index (χ2n) is 7.35. The molecule has 0 aliphatic rings. The molecule has 3 aromatic rings. The van der Waals surface area contributed by atoms with E-state index in [0.717, 1.165) is 22.0 Å². The van der Waals surface area contributed by atoms with Crippen molar-refractivity contribution in [2.75, 3.05) is 5.32 Å². The highest BCUT2D eigenvalue weighted by atomic mass is 32.1. The van der Waals surface area contributed by atoms with Crippen molar-refractivity contribution < 1.29 is 9.59 Å². The smallest absolute Gasteiger partial charge is 0.251 e. The molecular formula is C21H25N5O2S. The molecule has 29 heavy (non-hydrogen) atoms. The summed E-state index contributed by atoms with van der Waals surface area (Å²) in [5, 5.41) is 6.19. The maximum Gasteiger partial charge on any atom is 0.251 e. The van der Waals surface area contributed by atoms with Gasteiger partial charge in [-0.3, -0.25) is 9.59 Å². The third-order valence-corrected chi connectivity index (χ3v) is 5.64. The van der Waals surface area contributed by atoms with E-state index in [2.05, 4.69) is 20.6 Å². The summed E-state index contributed by atoms with van der Waals surface area (Å²) < 4.78 is 1.91. The first-order valence-corrected chi connectivity index (χ1v) is 10.2. The summed E-state index contributed by atoms with van der Waals surface area (Å²) in [6.45, 7) is 7.60. The average molecular weight is 412 g/mol. The Bertz CT molecular complexity index is 1040. The summed E-state index contributed by atoms with van der Waals surface area (Å²) in [4.78, 5) is 35.2. The van der Waals surface area contributed by atoms with Crippen molar-refractivity contribution in [3.63, 3.8) is 0 Å². The third-order valence-electron chi connectivity index (χ3n) is 4.57. The Hall–Kier alpha value is -3.00. The van der Waals surface area contributed by atoms with E-state index in [-0.39, 0.29) is 17.7 Å². The Labute approximate surface area is 174 Å². The number of amides is 2. The van der Waals surface area contributed by atoms with Gasteiger partial charge in [-0.1, -0.05) is 42.9 Å². The number of carbonyl (C=O) groups excluding carboxylic acids is 2. The summed E-state index contributed by atoms with van der Waals surface area (Å²) in [6, 6.07) is 6.61. The molecule has 0 saturated carbocycles.